The standard InChI is InChI=1S/C15H21NO/c1-2-12-3-5-13(6-4-12)11-15(17)14-7-9-16-10-8-14/h3-6,14,16H,2,7-11H2,1H3. The Bertz CT molecular complexity index is 363. The fourth-order valence-corrected chi connectivity index (χ4v) is 2.38. The monoisotopic (exact) mass is 231 g/mol. The molecule has 1 fully saturated rings. The van der Waals surface area contributed by atoms with E-state index in [-0.39, 0.29) is 5.92 Å². The van der Waals surface area contributed by atoms with Crippen LogP contribution in [0.2, 0.25) is 0 Å². The van der Waals surface area contributed by atoms with Crippen LogP contribution in [0.1, 0.15) is 30.9 Å². The number of piperidine rings is 1. The fourth-order valence-electron chi connectivity index (χ4n) is 2.38. The molecule has 0 unspecified atom stereocenters. The maximum atomic E-state index is 12.1. The van der Waals surface area contributed by atoms with Gasteiger partial charge >= 0.3 is 0 Å². The van der Waals surface area contributed by atoms with Gasteiger partial charge in [0.2, 0.25) is 0 Å². The van der Waals surface area contributed by atoms with Crippen molar-refractivity contribution in [1.82, 2.24) is 5.32 Å². The zero-order chi connectivity index (χ0) is 12.1. The largest absolute Gasteiger partial charge is 0.317 e. The van der Waals surface area contributed by atoms with Gasteiger partial charge in [0.25, 0.3) is 0 Å². The highest BCUT2D eigenvalue weighted by Crippen LogP contribution is 2.16. The highest BCUT2D eigenvalue weighted by Gasteiger charge is 2.20. The summed E-state index contributed by atoms with van der Waals surface area (Å²) in [5, 5.41) is 3.30. The molecule has 0 aliphatic carbocycles. The molecule has 1 heterocycles. The molecule has 0 atom stereocenters. The average molecular weight is 231 g/mol. The van der Waals surface area contributed by atoms with Crippen LogP contribution in [0.25, 0.3) is 0 Å². The predicted molar refractivity (Wildman–Crippen MR) is 70.1 cm³/mol. The molecule has 92 valence electrons. The van der Waals surface area contributed by atoms with E-state index < -0.39 is 0 Å². The quantitative estimate of drug-likeness (QED) is 0.862. The average Bonchev–Trinajstić information content (AvgIpc) is 2.40. The van der Waals surface area contributed by atoms with Crippen molar-refractivity contribution in [3.8, 4) is 0 Å². The van der Waals surface area contributed by atoms with Crippen molar-refractivity contribution < 1.29 is 4.79 Å². The molecule has 0 radical (unpaired) electrons. The molecule has 0 aromatic heterocycles. The fraction of sp³-hybridized carbons (Fsp3) is 0.533. The highest BCUT2D eigenvalue weighted by molar-refractivity contribution is 5.83. The van der Waals surface area contributed by atoms with Gasteiger partial charge in [0, 0.05) is 12.3 Å². The Hall–Kier alpha value is -1.15. The number of Topliss-reactive ketones (excluding diaryl/α,β-unsaturated/α-hetero) is 1. The van der Waals surface area contributed by atoms with Crippen LogP contribution in [0.4, 0.5) is 0 Å². The number of hydrogen-bond donors (Lipinski definition) is 1. The summed E-state index contributed by atoms with van der Waals surface area (Å²) in [6.45, 7) is 4.13. The van der Waals surface area contributed by atoms with Crippen molar-refractivity contribution >= 4 is 5.78 Å². The minimum Gasteiger partial charge on any atom is -0.317 e. The Morgan fingerprint density at radius 1 is 1.18 bits per heavy atom. The van der Waals surface area contributed by atoms with Crippen molar-refractivity contribution in [2.75, 3.05) is 13.1 Å². The van der Waals surface area contributed by atoms with Gasteiger partial charge in [0.15, 0.2) is 0 Å². The van der Waals surface area contributed by atoms with Crippen LogP contribution in [0.15, 0.2) is 24.3 Å². The van der Waals surface area contributed by atoms with E-state index in [9.17, 15) is 4.79 Å². The van der Waals surface area contributed by atoms with E-state index in [1.807, 2.05) is 0 Å². The molecule has 2 rings (SSSR count). The first kappa shape index (κ1) is 12.3. The van der Waals surface area contributed by atoms with Crippen molar-refractivity contribution in [1.29, 1.82) is 0 Å². The minimum absolute atomic E-state index is 0.280. The normalized spacial score (nSPS) is 17.0. The van der Waals surface area contributed by atoms with Gasteiger partial charge in [-0.25, -0.2) is 0 Å². The lowest BCUT2D eigenvalue weighted by Crippen LogP contribution is -2.32. The number of benzene rings is 1. The Balaban J connectivity index is 1.92. The Labute approximate surface area is 103 Å². The summed E-state index contributed by atoms with van der Waals surface area (Å²) < 4.78 is 0. The number of carbonyl (C=O) groups excluding carboxylic acids is 1. The smallest absolute Gasteiger partial charge is 0.140 e. The van der Waals surface area contributed by atoms with E-state index in [0.717, 1.165) is 37.9 Å². The van der Waals surface area contributed by atoms with E-state index in [1.54, 1.807) is 0 Å². The third-order valence-corrected chi connectivity index (χ3v) is 3.60. The van der Waals surface area contributed by atoms with Crippen LogP contribution in [-0.4, -0.2) is 18.9 Å². The highest BCUT2D eigenvalue weighted by atomic mass is 16.1. The van der Waals surface area contributed by atoms with Crippen LogP contribution in [0, 0.1) is 5.92 Å². The topological polar surface area (TPSA) is 29.1 Å². The number of aryl methyl sites for hydroxylation is 1. The molecule has 17 heavy (non-hydrogen) atoms. The van der Waals surface area contributed by atoms with Crippen LogP contribution in [0.3, 0.4) is 0 Å². The lowest BCUT2D eigenvalue weighted by atomic mass is 9.90. The summed E-state index contributed by atoms with van der Waals surface area (Å²) in [4.78, 5) is 12.1. The van der Waals surface area contributed by atoms with Crippen molar-refractivity contribution in [3.63, 3.8) is 0 Å². The molecule has 0 saturated carbocycles. The van der Waals surface area contributed by atoms with Crippen LogP contribution >= 0.6 is 0 Å². The van der Waals surface area contributed by atoms with E-state index in [1.165, 1.54) is 5.56 Å². The minimum atomic E-state index is 0.280. The predicted octanol–water partition coefficient (Wildman–Crippen LogP) is 2.36. The van der Waals surface area contributed by atoms with E-state index in [4.69, 9.17) is 0 Å². The lowest BCUT2D eigenvalue weighted by Gasteiger charge is -2.21. The van der Waals surface area contributed by atoms with E-state index in [2.05, 4.69) is 36.5 Å². The van der Waals surface area contributed by atoms with Gasteiger partial charge in [0.1, 0.15) is 5.78 Å². The summed E-state index contributed by atoms with van der Waals surface area (Å²) >= 11 is 0. The Kier molecular flexibility index (Phi) is 4.32. The van der Waals surface area contributed by atoms with Gasteiger partial charge in [-0.3, -0.25) is 4.79 Å². The molecule has 1 aromatic rings. The van der Waals surface area contributed by atoms with Gasteiger partial charge in [-0.2, -0.15) is 0 Å². The van der Waals surface area contributed by atoms with Gasteiger partial charge in [-0.15, -0.1) is 0 Å². The van der Waals surface area contributed by atoms with Crippen LogP contribution in [-0.2, 0) is 17.6 Å². The van der Waals surface area contributed by atoms with Crippen LogP contribution < -0.4 is 5.32 Å². The summed E-state index contributed by atoms with van der Waals surface area (Å²) in [5.74, 6) is 0.692. The van der Waals surface area contributed by atoms with Gasteiger partial charge in [0.05, 0.1) is 0 Å². The SMILES string of the molecule is CCc1ccc(CC(=O)C2CCNCC2)cc1. The molecule has 2 nitrogen and oxygen atoms in total. The molecule has 0 bridgehead atoms. The number of ketones is 1. The number of hydrogen-bond acceptors (Lipinski definition) is 2. The van der Waals surface area contributed by atoms with Crippen molar-refractivity contribution in [2.45, 2.75) is 32.6 Å². The molecule has 1 aliphatic heterocycles. The first-order chi connectivity index (χ1) is 8.29. The molecule has 0 amide bonds. The second-order valence-electron chi connectivity index (χ2n) is 4.84. The molecule has 1 aromatic carbocycles. The number of rotatable bonds is 4. The first-order valence-corrected chi connectivity index (χ1v) is 6.61. The Morgan fingerprint density at radius 2 is 1.76 bits per heavy atom. The molecule has 1 aliphatic rings. The molecular formula is C15H21NO. The van der Waals surface area contributed by atoms with Gasteiger partial charge < -0.3 is 5.32 Å². The molecule has 0 spiro atoms. The second kappa shape index (κ2) is 5.97. The van der Waals surface area contributed by atoms with Crippen molar-refractivity contribution in [2.24, 2.45) is 5.92 Å². The zero-order valence-electron chi connectivity index (χ0n) is 10.5. The molecule has 1 saturated heterocycles. The van der Waals surface area contributed by atoms with Gasteiger partial charge in [-0.1, -0.05) is 31.2 Å². The summed E-state index contributed by atoms with van der Waals surface area (Å²) in [6.07, 6.45) is 3.68. The molecule has 1 N–H and O–H groups in total. The maximum absolute atomic E-state index is 12.1. The summed E-state index contributed by atoms with van der Waals surface area (Å²) in [7, 11) is 0. The van der Waals surface area contributed by atoms with E-state index in [0.29, 0.717) is 12.2 Å². The van der Waals surface area contributed by atoms with Crippen LogP contribution in [0.5, 0.6) is 0 Å². The summed E-state index contributed by atoms with van der Waals surface area (Å²) in [5.41, 5.74) is 2.49. The zero-order valence-corrected chi connectivity index (χ0v) is 10.5. The number of carbonyl (C=O) groups is 1. The van der Waals surface area contributed by atoms with E-state index >= 15 is 0 Å². The third-order valence-electron chi connectivity index (χ3n) is 3.60. The molecular weight excluding hydrogens is 210 g/mol. The summed E-state index contributed by atoms with van der Waals surface area (Å²) in [6, 6.07) is 8.45. The second-order valence-corrected chi connectivity index (χ2v) is 4.84. The number of nitrogens with one attached hydrogen (secondary N) is 1. The molecule has 2 heteroatoms. The lowest BCUT2D eigenvalue weighted by molar-refractivity contribution is -0.122. The van der Waals surface area contributed by atoms with Gasteiger partial charge in [-0.05, 0) is 43.5 Å². The first-order valence-electron chi connectivity index (χ1n) is 6.61. The Morgan fingerprint density at radius 3 is 2.35 bits per heavy atom. The maximum Gasteiger partial charge on any atom is 0.140 e. The third kappa shape index (κ3) is 3.40. The van der Waals surface area contributed by atoms with Crippen molar-refractivity contribution in [3.05, 3.63) is 35.4 Å².